The molecular weight excluding hydrogens is 357 g/mol. The molecule has 0 aliphatic carbocycles. The minimum absolute atomic E-state index is 0.0653. The third kappa shape index (κ3) is 4.56. The summed E-state index contributed by atoms with van der Waals surface area (Å²) in [6.45, 7) is 3.45. The van der Waals surface area contributed by atoms with E-state index in [0.717, 1.165) is 5.56 Å². The van der Waals surface area contributed by atoms with Crippen molar-refractivity contribution in [3.05, 3.63) is 77.1 Å². The molecule has 2 aromatic carbocycles. The third-order valence-corrected chi connectivity index (χ3v) is 5.29. The molecule has 1 N–H and O–H groups in total. The molecule has 0 bridgehead atoms. The molecule has 0 heterocycles. The van der Waals surface area contributed by atoms with E-state index in [-0.39, 0.29) is 10.5 Å². The Kier molecular flexibility index (Phi) is 6.28. The van der Waals surface area contributed by atoms with E-state index >= 15 is 0 Å². The number of methoxy groups -OCH3 is 1. The Bertz CT molecular complexity index is 904. The van der Waals surface area contributed by atoms with Crippen LogP contribution in [0, 0.1) is 12.7 Å². The predicted molar refractivity (Wildman–Crippen MR) is 96.4 cm³/mol. The summed E-state index contributed by atoms with van der Waals surface area (Å²) in [5.41, 5.74) is 1.44. The van der Waals surface area contributed by atoms with Crippen LogP contribution < -0.4 is 4.72 Å². The molecule has 0 spiro atoms. The molecule has 1 atom stereocenters. The Morgan fingerprint density at radius 2 is 1.69 bits per heavy atom. The van der Waals surface area contributed by atoms with Gasteiger partial charge in [-0.1, -0.05) is 35.9 Å². The highest BCUT2D eigenvalue weighted by Crippen LogP contribution is 2.26. The quantitative estimate of drug-likeness (QED) is 0.619. The Morgan fingerprint density at radius 1 is 1.12 bits per heavy atom. The summed E-state index contributed by atoms with van der Waals surface area (Å²) in [6.07, 6.45) is 1.47. The lowest BCUT2D eigenvalue weighted by atomic mass is 9.99. The SMILES string of the molecule is CC=C(C(=O)OC)C(NS(=O)(=O)c1ccc(C)cc1)c1ccc(F)cc1. The third-order valence-electron chi connectivity index (χ3n) is 3.85. The molecule has 0 fully saturated rings. The molecule has 7 heteroatoms. The number of nitrogens with one attached hydrogen (secondary N) is 1. The van der Waals surface area contributed by atoms with E-state index in [1.54, 1.807) is 19.1 Å². The summed E-state index contributed by atoms with van der Waals surface area (Å²) in [6, 6.07) is 10.5. The first-order valence-electron chi connectivity index (χ1n) is 7.87. The first-order valence-corrected chi connectivity index (χ1v) is 9.36. The number of carbonyl (C=O) groups is 1. The van der Waals surface area contributed by atoms with Crippen molar-refractivity contribution in [2.24, 2.45) is 0 Å². The Balaban J connectivity index is 2.48. The highest BCUT2D eigenvalue weighted by Gasteiger charge is 2.28. The van der Waals surface area contributed by atoms with Crippen molar-refractivity contribution < 1.29 is 22.3 Å². The van der Waals surface area contributed by atoms with Gasteiger partial charge in [0.1, 0.15) is 5.82 Å². The van der Waals surface area contributed by atoms with Gasteiger partial charge < -0.3 is 4.74 Å². The number of allylic oxidation sites excluding steroid dienone is 1. The number of benzene rings is 2. The number of esters is 1. The maximum absolute atomic E-state index is 13.3. The number of hydrogen-bond acceptors (Lipinski definition) is 4. The number of aryl methyl sites for hydroxylation is 1. The van der Waals surface area contributed by atoms with E-state index in [1.807, 2.05) is 6.92 Å². The fourth-order valence-electron chi connectivity index (χ4n) is 2.43. The number of rotatable bonds is 6. The Morgan fingerprint density at radius 3 is 2.19 bits per heavy atom. The van der Waals surface area contributed by atoms with Crippen LogP contribution >= 0.6 is 0 Å². The number of carbonyl (C=O) groups excluding carboxylic acids is 1. The van der Waals surface area contributed by atoms with E-state index < -0.39 is 27.9 Å². The maximum Gasteiger partial charge on any atom is 0.335 e. The number of ether oxygens (including phenoxy) is 1. The lowest BCUT2D eigenvalue weighted by Gasteiger charge is -2.21. The second kappa shape index (κ2) is 8.25. The van der Waals surface area contributed by atoms with Gasteiger partial charge in [0, 0.05) is 0 Å². The second-order valence-corrected chi connectivity index (χ2v) is 7.37. The van der Waals surface area contributed by atoms with E-state index in [0.29, 0.717) is 5.56 Å². The fraction of sp³-hybridized carbons (Fsp3) is 0.211. The summed E-state index contributed by atoms with van der Waals surface area (Å²) in [5, 5.41) is 0. The van der Waals surface area contributed by atoms with Crippen LogP contribution in [0.25, 0.3) is 0 Å². The van der Waals surface area contributed by atoms with Crippen LogP contribution in [0.15, 0.2) is 65.1 Å². The van der Waals surface area contributed by atoms with Crippen LogP contribution in [-0.2, 0) is 19.6 Å². The zero-order valence-corrected chi connectivity index (χ0v) is 15.5. The molecule has 0 aliphatic rings. The average molecular weight is 377 g/mol. The van der Waals surface area contributed by atoms with Gasteiger partial charge in [0.25, 0.3) is 0 Å². The lowest BCUT2D eigenvalue weighted by molar-refractivity contribution is -0.136. The van der Waals surface area contributed by atoms with Crippen molar-refractivity contribution in [2.75, 3.05) is 7.11 Å². The predicted octanol–water partition coefficient (Wildman–Crippen LogP) is 3.27. The fourth-order valence-corrected chi connectivity index (χ4v) is 3.63. The average Bonchev–Trinajstić information content (AvgIpc) is 2.62. The van der Waals surface area contributed by atoms with Crippen molar-refractivity contribution in [1.29, 1.82) is 0 Å². The van der Waals surface area contributed by atoms with Crippen molar-refractivity contribution >= 4 is 16.0 Å². The van der Waals surface area contributed by atoms with E-state index in [9.17, 15) is 17.6 Å². The summed E-state index contributed by atoms with van der Waals surface area (Å²) in [7, 11) is -2.71. The van der Waals surface area contributed by atoms with Crippen molar-refractivity contribution in [3.8, 4) is 0 Å². The Hall–Kier alpha value is -2.51. The van der Waals surface area contributed by atoms with E-state index in [1.165, 1.54) is 49.6 Å². The molecule has 1 unspecified atom stereocenters. The van der Waals surface area contributed by atoms with Gasteiger partial charge in [-0.2, -0.15) is 4.72 Å². The van der Waals surface area contributed by atoms with Gasteiger partial charge in [-0.15, -0.1) is 0 Å². The first kappa shape index (κ1) is 19.8. The summed E-state index contributed by atoms with van der Waals surface area (Å²) >= 11 is 0. The topological polar surface area (TPSA) is 72.5 Å². The zero-order valence-electron chi connectivity index (χ0n) is 14.7. The minimum Gasteiger partial charge on any atom is -0.466 e. The van der Waals surface area contributed by atoms with Gasteiger partial charge in [-0.25, -0.2) is 17.6 Å². The number of hydrogen-bond donors (Lipinski definition) is 1. The highest BCUT2D eigenvalue weighted by molar-refractivity contribution is 7.89. The molecular formula is C19H20FNO4S. The van der Waals surface area contributed by atoms with Crippen molar-refractivity contribution in [2.45, 2.75) is 24.8 Å². The molecule has 26 heavy (non-hydrogen) atoms. The van der Waals surface area contributed by atoms with Gasteiger partial charge in [0.15, 0.2) is 0 Å². The first-order chi connectivity index (χ1) is 12.3. The van der Waals surface area contributed by atoms with Crippen LogP contribution in [-0.4, -0.2) is 21.5 Å². The standard InChI is InChI=1S/C19H20FNO4S/c1-4-17(19(22)25-3)18(14-7-9-15(20)10-8-14)21-26(23,24)16-11-5-13(2)6-12-16/h4-12,18,21H,1-3H3. The molecule has 0 radical (unpaired) electrons. The van der Waals surface area contributed by atoms with Crippen LogP contribution in [0.2, 0.25) is 0 Å². The highest BCUT2D eigenvalue weighted by atomic mass is 32.2. The van der Waals surface area contributed by atoms with Crippen LogP contribution in [0.4, 0.5) is 4.39 Å². The summed E-state index contributed by atoms with van der Waals surface area (Å²) in [4.78, 5) is 12.2. The van der Waals surface area contributed by atoms with Gasteiger partial charge in [0.2, 0.25) is 10.0 Å². The number of halogens is 1. The van der Waals surface area contributed by atoms with Crippen molar-refractivity contribution in [1.82, 2.24) is 4.72 Å². The van der Waals surface area contributed by atoms with Crippen molar-refractivity contribution in [3.63, 3.8) is 0 Å². The molecule has 2 aromatic rings. The Labute approximate surface area is 152 Å². The van der Waals surface area contributed by atoms with E-state index in [2.05, 4.69) is 4.72 Å². The van der Waals surface area contributed by atoms with Gasteiger partial charge in [-0.3, -0.25) is 0 Å². The van der Waals surface area contributed by atoms with Crippen LogP contribution in [0.3, 0.4) is 0 Å². The smallest absolute Gasteiger partial charge is 0.335 e. The van der Waals surface area contributed by atoms with Gasteiger partial charge in [0.05, 0.1) is 23.6 Å². The van der Waals surface area contributed by atoms with E-state index in [4.69, 9.17) is 4.74 Å². The van der Waals surface area contributed by atoms with Gasteiger partial charge >= 0.3 is 5.97 Å². The largest absolute Gasteiger partial charge is 0.466 e. The molecule has 0 aromatic heterocycles. The normalized spacial score (nSPS) is 13.3. The maximum atomic E-state index is 13.3. The minimum atomic E-state index is -3.92. The molecule has 0 aliphatic heterocycles. The lowest BCUT2D eigenvalue weighted by Crippen LogP contribution is -2.32. The molecule has 138 valence electrons. The summed E-state index contributed by atoms with van der Waals surface area (Å²) in [5.74, 6) is -1.14. The van der Waals surface area contributed by atoms with Gasteiger partial charge in [-0.05, 0) is 43.7 Å². The van der Waals surface area contributed by atoms with Crippen LogP contribution in [0.5, 0.6) is 0 Å². The molecule has 0 saturated heterocycles. The number of sulfonamides is 1. The molecule has 0 amide bonds. The molecule has 0 saturated carbocycles. The molecule has 2 rings (SSSR count). The zero-order chi connectivity index (χ0) is 19.3. The van der Waals surface area contributed by atoms with Crippen LogP contribution in [0.1, 0.15) is 24.1 Å². The monoisotopic (exact) mass is 377 g/mol. The molecule has 5 nitrogen and oxygen atoms in total. The second-order valence-electron chi connectivity index (χ2n) is 5.65. The summed E-state index contributed by atoms with van der Waals surface area (Å²) < 4.78 is 46.0.